The van der Waals surface area contributed by atoms with Crippen LogP contribution in [0.1, 0.15) is 28.4 Å². The predicted octanol–water partition coefficient (Wildman–Crippen LogP) is 5.15. The van der Waals surface area contributed by atoms with Crippen molar-refractivity contribution in [1.82, 2.24) is 5.43 Å². The van der Waals surface area contributed by atoms with Crippen LogP contribution in [0, 0.1) is 0 Å². The number of nitrogens with one attached hydrogen (secondary N) is 1. The maximum absolute atomic E-state index is 12.2. The lowest BCUT2D eigenvalue weighted by Crippen LogP contribution is -2.17. The van der Waals surface area contributed by atoms with Crippen molar-refractivity contribution in [1.29, 1.82) is 0 Å². The number of hydrogen-bond donors (Lipinski definition) is 1. The molecule has 0 radical (unpaired) electrons. The summed E-state index contributed by atoms with van der Waals surface area (Å²) < 4.78 is 11.2. The molecule has 1 N–H and O–H groups in total. The Labute approximate surface area is 181 Å². The Morgan fingerprint density at radius 1 is 0.933 bits per heavy atom. The summed E-state index contributed by atoms with van der Waals surface area (Å²) >= 11 is 1.68. The van der Waals surface area contributed by atoms with Crippen molar-refractivity contribution >= 4 is 23.9 Å². The van der Waals surface area contributed by atoms with Crippen LogP contribution in [0.3, 0.4) is 0 Å². The Bertz CT molecular complexity index is 969. The molecule has 154 valence electrons. The van der Waals surface area contributed by atoms with Crippen LogP contribution in [0.2, 0.25) is 0 Å². The highest BCUT2D eigenvalue weighted by molar-refractivity contribution is 7.98. The van der Waals surface area contributed by atoms with E-state index in [-0.39, 0.29) is 5.91 Å². The number of nitrogens with zero attached hydrogens (tertiary/aromatic N) is 1. The third-order valence-corrected chi connectivity index (χ3v) is 5.00. The van der Waals surface area contributed by atoms with Gasteiger partial charge in [0.15, 0.2) is 0 Å². The fourth-order valence-electron chi connectivity index (χ4n) is 2.64. The topological polar surface area (TPSA) is 59.9 Å². The summed E-state index contributed by atoms with van der Waals surface area (Å²) in [7, 11) is 0. The van der Waals surface area contributed by atoms with E-state index in [1.165, 1.54) is 4.90 Å². The van der Waals surface area contributed by atoms with E-state index in [0.29, 0.717) is 18.8 Å². The first-order valence-corrected chi connectivity index (χ1v) is 10.8. The van der Waals surface area contributed by atoms with Gasteiger partial charge < -0.3 is 9.47 Å². The first-order chi connectivity index (χ1) is 14.7. The second-order valence-electron chi connectivity index (χ2n) is 6.36. The minimum absolute atomic E-state index is 0.258. The van der Waals surface area contributed by atoms with E-state index < -0.39 is 0 Å². The van der Waals surface area contributed by atoms with Gasteiger partial charge in [-0.2, -0.15) is 5.10 Å². The summed E-state index contributed by atoms with van der Waals surface area (Å²) in [5.41, 5.74) is 4.98. The molecular formula is C24H24N2O3S. The molecule has 0 fully saturated rings. The van der Waals surface area contributed by atoms with Crippen LogP contribution in [0.4, 0.5) is 0 Å². The molecule has 0 saturated heterocycles. The van der Waals surface area contributed by atoms with Gasteiger partial charge in [0, 0.05) is 10.5 Å². The van der Waals surface area contributed by atoms with E-state index in [1.807, 2.05) is 73.8 Å². The molecule has 1 amide bonds. The van der Waals surface area contributed by atoms with Gasteiger partial charge in [-0.15, -0.1) is 11.8 Å². The molecular weight excluding hydrogens is 396 g/mol. The lowest BCUT2D eigenvalue weighted by atomic mass is 10.1. The molecule has 0 aliphatic heterocycles. The van der Waals surface area contributed by atoms with Gasteiger partial charge >= 0.3 is 0 Å². The molecule has 0 saturated carbocycles. The fraction of sp³-hybridized carbons (Fsp3) is 0.167. The molecule has 0 aliphatic rings. The standard InChI is InChI=1S/C24H24N2O3S/c1-3-28-21-10-12-22(13-11-21)29-17-19-4-8-20(9-5-19)24(27)26-25-16-18-6-14-23(30-2)15-7-18/h4-16H,3,17H2,1-2H3,(H,26,27)/b25-16-. The number of carbonyl (C=O) groups is 1. The van der Waals surface area contributed by atoms with Gasteiger partial charge in [0.05, 0.1) is 12.8 Å². The molecule has 0 bridgehead atoms. The molecule has 6 heteroatoms. The van der Waals surface area contributed by atoms with E-state index >= 15 is 0 Å². The van der Waals surface area contributed by atoms with E-state index in [4.69, 9.17) is 9.47 Å². The highest BCUT2D eigenvalue weighted by atomic mass is 32.2. The SMILES string of the molecule is CCOc1ccc(OCc2ccc(C(=O)N/N=C\c3ccc(SC)cc3)cc2)cc1. The van der Waals surface area contributed by atoms with Crippen LogP contribution in [-0.2, 0) is 6.61 Å². The lowest BCUT2D eigenvalue weighted by molar-refractivity contribution is 0.0955. The van der Waals surface area contributed by atoms with Crippen molar-refractivity contribution in [2.75, 3.05) is 12.9 Å². The fourth-order valence-corrected chi connectivity index (χ4v) is 3.05. The Balaban J connectivity index is 1.49. The molecule has 30 heavy (non-hydrogen) atoms. The highest BCUT2D eigenvalue weighted by Crippen LogP contribution is 2.19. The van der Waals surface area contributed by atoms with Gasteiger partial charge in [0.1, 0.15) is 18.1 Å². The van der Waals surface area contributed by atoms with E-state index in [2.05, 4.69) is 10.5 Å². The molecule has 3 aromatic carbocycles. The molecule has 0 heterocycles. The van der Waals surface area contributed by atoms with Crippen LogP contribution in [0.15, 0.2) is 82.8 Å². The maximum Gasteiger partial charge on any atom is 0.271 e. The molecule has 0 aromatic heterocycles. The van der Waals surface area contributed by atoms with Gasteiger partial charge in [0.2, 0.25) is 0 Å². The summed E-state index contributed by atoms with van der Waals surface area (Å²) in [5.74, 6) is 1.32. The Kier molecular flexibility index (Phi) is 7.92. The van der Waals surface area contributed by atoms with Crippen LogP contribution < -0.4 is 14.9 Å². The zero-order valence-electron chi connectivity index (χ0n) is 17.0. The van der Waals surface area contributed by atoms with Crippen LogP contribution in [0.5, 0.6) is 11.5 Å². The maximum atomic E-state index is 12.2. The van der Waals surface area contributed by atoms with Crippen LogP contribution >= 0.6 is 11.8 Å². The number of hydrogen-bond acceptors (Lipinski definition) is 5. The molecule has 0 unspecified atom stereocenters. The first-order valence-electron chi connectivity index (χ1n) is 9.60. The summed E-state index contributed by atoms with van der Waals surface area (Å²) in [6.45, 7) is 3.00. The van der Waals surface area contributed by atoms with Crippen molar-refractivity contribution < 1.29 is 14.3 Å². The average molecular weight is 421 g/mol. The smallest absolute Gasteiger partial charge is 0.271 e. The normalized spacial score (nSPS) is 10.7. The number of ether oxygens (including phenoxy) is 2. The molecule has 0 spiro atoms. The number of hydrazone groups is 1. The van der Waals surface area contributed by atoms with Gasteiger partial charge in [-0.25, -0.2) is 5.43 Å². The summed E-state index contributed by atoms with van der Waals surface area (Å²) in [6, 6.07) is 22.7. The first kappa shape index (κ1) is 21.5. The van der Waals surface area contributed by atoms with Crippen molar-refractivity contribution in [2.24, 2.45) is 5.10 Å². The summed E-state index contributed by atoms with van der Waals surface area (Å²) in [6.07, 6.45) is 3.65. The predicted molar refractivity (Wildman–Crippen MR) is 122 cm³/mol. The Hall–Kier alpha value is -3.25. The minimum Gasteiger partial charge on any atom is -0.494 e. The lowest BCUT2D eigenvalue weighted by Gasteiger charge is -2.08. The molecule has 5 nitrogen and oxygen atoms in total. The number of rotatable bonds is 9. The average Bonchev–Trinajstić information content (AvgIpc) is 2.79. The monoisotopic (exact) mass is 420 g/mol. The van der Waals surface area contributed by atoms with E-state index in [0.717, 1.165) is 22.6 Å². The largest absolute Gasteiger partial charge is 0.494 e. The van der Waals surface area contributed by atoms with E-state index in [1.54, 1.807) is 30.1 Å². The van der Waals surface area contributed by atoms with Crippen LogP contribution in [0.25, 0.3) is 0 Å². The van der Waals surface area contributed by atoms with Gasteiger partial charge in [-0.05, 0) is 72.8 Å². The number of thioether (sulfide) groups is 1. The third-order valence-electron chi connectivity index (χ3n) is 4.25. The van der Waals surface area contributed by atoms with Crippen molar-refractivity contribution in [3.05, 3.63) is 89.5 Å². The van der Waals surface area contributed by atoms with Gasteiger partial charge in [0.25, 0.3) is 5.91 Å². The number of benzene rings is 3. The van der Waals surface area contributed by atoms with E-state index in [9.17, 15) is 4.79 Å². The summed E-state index contributed by atoms with van der Waals surface area (Å²) in [4.78, 5) is 13.4. The molecule has 0 aliphatic carbocycles. The minimum atomic E-state index is -0.258. The van der Waals surface area contributed by atoms with Crippen molar-refractivity contribution in [3.8, 4) is 11.5 Å². The summed E-state index contributed by atoms with van der Waals surface area (Å²) in [5, 5.41) is 4.03. The van der Waals surface area contributed by atoms with Gasteiger partial charge in [-0.3, -0.25) is 4.79 Å². The van der Waals surface area contributed by atoms with Crippen molar-refractivity contribution in [2.45, 2.75) is 18.4 Å². The molecule has 3 aromatic rings. The highest BCUT2D eigenvalue weighted by Gasteiger charge is 2.04. The second kappa shape index (κ2) is 11.1. The van der Waals surface area contributed by atoms with Gasteiger partial charge in [-0.1, -0.05) is 24.3 Å². The zero-order valence-corrected chi connectivity index (χ0v) is 17.8. The number of amides is 1. The Morgan fingerprint density at radius 3 is 2.17 bits per heavy atom. The quantitative estimate of drug-likeness (QED) is 0.295. The molecule has 3 rings (SSSR count). The Morgan fingerprint density at radius 2 is 1.57 bits per heavy atom. The van der Waals surface area contributed by atoms with Crippen molar-refractivity contribution in [3.63, 3.8) is 0 Å². The number of carbonyl (C=O) groups excluding carboxylic acids is 1. The molecule has 0 atom stereocenters. The second-order valence-corrected chi connectivity index (χ2v) is 7.24. The third kappa shape index (κ3) is 6.39. The zero-order chi connectivity index (χ0) is 21.2. The van der Waals surface area contributed by atoms with Crippen LogP contribution in [-0.4, -0.2) is 25.0 Å².